The summed E-state index contributed by atoms with van der Waals surface area (Å²) in [6.07, 6.45) is 0. The summed E-state index contributed by atoms with van der Waals surface area (Å²) in [5.41, 5.74) is 6.02. The molecule has 1 aromatic rings. The quantitative estimate of drug-likeness (QED) is 0.727. The molecule has 4 heteroatoms. The van der Waals surface area contributed by atoms with Crippen molar-refractivity contribution in [1.82, 2.24) is 0 Å². The summed E-state index contributed by atoms with van der Waals surface area (Å²) in [4.78, 5) is 0. The van der Waals surface area contributed by atoms with E-state index >= 15 is 0 Å². The number of benzene rings is 1. The summed E-state index contributed by atoms with van der Waals surface area (Å²) >= 11 is 0. The van der Waals surface area contributed by atoms with Gasteiger partial charge in [-0.15, -0.1) is 0 Å². The topological polar surface area (TPSA) is 44.5 Å². The summed E-state index contributed by atoms with van der Waals surface area (Å²) in [5, 5.41) is 0. The third kappa shape index (κ3) is 2.97. The molecule has 1 aromatic carbocycles. The van der Waals surface area contributed by atoms with Gasteiger partial charge in [-0.1, -0.05) is 6.07 Å². The van der Waals surface area contributed by atoms with Crippen LogP contribution >= 0.6 is 0 Å². The van der Waals surface area contributed by atoms with Gasteiger partial charge in [-0.05, 0) is 17.7 Å². The van der Waals surface area contributed by atoms with Crippen LogP contribution in [0.2, 0.25) is 0 Å². The number of methoxy groups -OCH3 is 1. The maximum absolute atomic E-state index is 13.2. The smallest absolute Gasteiger partial charge is 0.165 e. The molecule has 0 aliphatic rings. The Morgan fingerprint density at radius 3 is 2.79 bits per heavy atom. The predicted octanol–water partition coefficient (Wildman–Crippen LogP) is 1.31. The van der Waals surface area contributed by atoms with Gasteiger partial charge in [0.1, 0.15) is 0 Å². The average molecular weight is 199 g/mol. The van der Waals surface area contributed by atoms with Crippen molar-refractivity contribution in [1.29, 1.82) is 0 Å². The van der Waals surface area contributed by atoms with Gasteiger partial charge in [0.25, 0.3) is 0 Å². The van der Waals surface area contributed by atoms with E-state index in [1.54, 1.807) is 12.1 Å². The van der Waals surface area contributed by atoms with Crippen LogP contribution in [0.15, 0.2) is 18.2 Å². The fourth-order valence-electron chi connectivity index (χ4n) is 1.07. The molecule has 2 N–H and O–H groups in total. The molecule has 3 nitrogen and oxygen atoms in total. The molecule has 0 atom stereocenters. The minimum Gasteiger partial charge on any atom is -0.494 e. The van der Waals surface area contributed by atoms with Gasteiger partial charge in [-0.3, -0.25) is 0 Å². The van der Waals surface area contributed by atoms with E-state index in [9.17, 15) is 4.39 Å². The number of hydrogen-bond acceptors (Lipinski definition) is 3. The van der Waals surface area contributed by atoms with Gasteiger partial charge in [0.2, 0.25) is 0 Å². The Kier molecular flexibility index (Phi) is 4.35. The Morgan fingerprint density at radius 1 is 1.43 bits per heavy atom. The average Bonchev–Trinajstić information content (AvgIpc) is 2.18. The lowest BCUT2D eigenvalue weighted by Gasteiger charge is -2.05. The largest absolute Gasteiger partial charge is 0.494 e. The first-order valence-electron chi connectivity index (χ1n) is 4.38. The van der Waals surface area contributed by atoms with Crippen LogP contribution in [0.25, 0.3) is 0 Å². The molecule has 78 valence electrons. The normalized spacial score (nSPS) is 10.2. The highest BCUT2D eigenvalue weighted by molar-refractivity contribution is 5.28. The van der Waals surface area contributed by atoms with Crippen LogP contribution in [0.4, 0.5) is 4.39 Å². The summed E-state index contributed by atoms with van der Waals surface area (Å²) in [6, 6.07) is 4.74. The number of ether oxygens (including phenoxy) is 2. The van der Waals surface area contributed by atoms with Crippen molar-refractivity contribution in [3.8, 4) is 5.75 Å². The monoisotopic (exact) mass is 199 g/mol. The maximum Gasteiger partial charge on any atom is 0.165 e. The number of nitrogens with two attached hydrogens (primary N) is 1. The van der Waals surface area contributed by atoms with E-state index in [-0.39, 0.29) is 11.6 Å². The lowest BCUT2D eigenvalue weighted by Crippen LogP contribution is -2.08. The van der Waals surface area contributed by atoms with Crippen LogP contribution in [-0.4, -0.2) is 20.3 Å². The van der Waals surface area contributed by atoms with Crippen LogP contribution < -0.4 is 10.5 Å². The third-order valence-corrected chi connectivity index (χ3v) is 1.75. The second kappa shape index (κ2) is 5.57. The zero-order valence-electron chi connectivity index (χ0n) is 8.13. The fourth-order valence-corrected chi connectivity index (χ4v) is 1.07. The first kappa shape index (κ1) is 10.9. The Bertz CT molecular complexity index is 291. The lowest BCUT2D eigenvalue weighted by molar-refractivity contribution is 0.128. The Morgan fingerprint density at radius 2 is 2.21 bits per heavy atom. The van der Waals surface area contributed by atoms with E-state index in [0.717, 1.165) is 5.56 Å². The van der Waals surface area contributed by atoms with Gasteiger partial charge >= 0.3 is 0 Å². The zero-order chi connectivity index (χ0) is 10.4. The molecular formula is C10H14FNO2. The maximum atomic E-state index is 13.2. The highest BCUT2D eigenvalue weighted by atomic mass is 19.1. The molecule has 0 radical (unpaired) electrons. The summed E-state index contributed by atoms with van der Waals surface area (Å²) < 4.78 is 23.1. The highest BCUT2D eigenvalue weighted by Crippen LogP contribution is 2.17. The van der Waals surface area contributed by atoms with Gasteiger partial charge < -0.3 is 15.2 Å². The Hall–Kier alpha value is -1.13. The zero-order valence-corrected chi connectivity index (χ0v) is 8.13. The van der Waals surface area contributed by atoms with Crippen molar-refractivity contribution in [2.75, 3.05) is 20.3 Å². The number of rotatable bonds is 5. The first-order valence-corrected chi connectivity index (χ1v) is 4.38. The molecule has 0 bridgehead atoms. The number of halogens is 1. The van der Waals surface area contributed by atoms with E-state index in [1.165, 1.54) is 13.2 Å². The van der Waals surface area contributed by atoms with Crippen LogP contribution in [0.3, 0.4) is 0 Å². The fraction of sp³-hybridized carbons (Fsp3) is 0.400. The number of hydrogen-bond donors (Lipinski definition) is 1. The highest BCUT2D eigenvalue weighted by Gasteiger charge is 2.02. The minimum absolute atomic E-state index is 0.243. The summed E-state index contributed by atoms with van der Waals surface area (Å²) in [5.74, 6) is -0.131. The van der Waals surface area contributed by atoms with Crippen molar-refractivity contribution >= 4 is 0 Å². The van der Waals surface area contributed by atoms with Crippen molar-refractivity contribution in [3.63, 3.8) is 0 Å². The van der Waals surface area contributed by atoms with E-state index in [1.807, 2.05) is 0 Å². The molecule has 0 heterocycles. The lowest BCUT2D eigenvalue weighted by atomic mass is 10.2. The predicted molar refractivity (Wildman–Crippen MR) is 51.7 cm³/mol. The van der Waals surface area contributed by atoms with Gasteiger partial charge in [-0.25, -0.2) is 4.39 Å². The molecule has 0 aliphatic heterocycles. The van der Waals surface area contributed by atoms with E-state index in [2.05, 4.69) is 0 Å². The molecule has 0 spiro atoms. The molecule has 14 heavy (non-hydrogen) atoms. The molecular weight excluding hydrogens is 185 g/mol. The van der Waals surface area contributed by atoms with E-state index in [4.69, 9.17) is 15.2 Å². The SMILES string of the molecule is COc1ccc(COCCN)cc1F. The molecule has 0 aliphatic carbocycles. The van der Waals surface area contributed by atoms with Crippen molar-refractivity contribution < 1.29 is 13.9 Å². The molecule has 0 unspecified atom stereocenters. The van der Waals surface area contributed by atoms with Crippen LogP contribution in [0, 0.1) is 5.82 Å². The van der Waals surface area contributed by atoms with Crippen LogP contribution in [-0.2, 0) is 11.3 Å². The van der Waals surface area contributed by atoms with Gasteiger partial charge in [-0.2, -0.15) is 0 Å². The second-order valence-corrected chi connectivity index (χ2v) is 2.81. The molecule has 0 saturated carbocycles. The Balaban J connectivity index is 2.57. The molecule has 0 aromatic heterocycles. The standard InChI is InChI=1S/C10H14FNO2/c1-13-10-3-2-8(6-9(10)11)7-14-5-4-12/h2-3,6H,4-5,7,12H2,1H3. The van der Waals surface area contributed by atoms with E-state index in [0.29, 0.717) is 19.8 Å². The van der Waals surface area contributed by atoms with Crippen molar-refractivity contribution in [2.45, 2.75) is 6.61 Å². The summed E-state index contributed by atoms with van der Waals surface area (Å²) in [6.45, 7) is 1.32. The van der Waals surface area contributed by atoms with Crippen molar-refractivity contribution in [2.24, 2.45) is 5.73 Å². The summed E-state index contributed by atoms with van der Waals surface area (Å²) in [7, 11) is 1.43. The molecule has 0 saturated heterocycles. The van der Waals surface area contributed by atoms with Gasteiger partial charge in [0, 0.05) is 6.54 Å². The van der Waals surface area contributed by atoms with Crippen molar-refractivity contribution in [3.05, 3.63) is 29.6 Å². The molecule has 1 rings (SSSR count). The minimum atomic E-state index is -0.374. The van der Waals surface area contributed by atoms with Crippen LogP contribution in [0.1, 0.15) is 5.56 Å². The van der Waals surface area contributed by atoms with Gasteiger partial charge in [0.05, 0.1) is 20.3 Å². The van der Waals surface area contributed by atoms with Gasteiger partial charge in [0.15, 0.2) is 11.6 Å². The molecule has 0 fully saturated rings. The van der Waals surface area contributed by atoms with Crippen LogP contribution in [0.5, 0.6) is 5.75 Å². The Labute approximate surface area is 82.6 Å². The first-order chi connectivity index (χ1) is 6.77. The third-order valence-electron chi connectivity index (χ3n) is 1.75. The molecule has 0 amide bonds. The second-order valence-electron chi connectivity index (χ2n) is 2.81. The van der Waals surface area contributed by atoms with E-state index < -0.39 is 0 Å².